The van der Waals surface area contributed by atoms with Gasteiger partial charge in [-0.05, 0) is 23.6 Å². The van der Waals surface area contributed by atoms with Crippen LogP contribution in [0, 0.1) is 0 Å². The molecule has 0 unspecified atom stereocenters. The summed E-state index contributed by atoms with van der Waals surface area (Å²) in [4.78, 5) is 4.72. The van der Waals surface area contributed by atoms with Crippen molar-refractivity contribution in [3.8, 4) is 11.4 Å². The normalized spacial score (nSPS) is 14.5. The van der Waals surface area contributed by atoms with Gasteiger partial charge in [0.15, 0.2) is 5.82 Å². The van der Waals surface area contributed by atoms with Crippen LogP contribution in [0.5, 0.6) is 0 Å². The summed E-state index contributed by atoms with van der Waals surface area (Å²) in [5.41, 5.74) is 1.14. The van der Waals surface area contributed by atoms with Crippen LogP contribution in [-0.2, 0) is 13.0 Å². The summed E-state index contributed by atoms with van der Waals surface area (Å²) < 4.78 is 2.07. The average molecular weight is 249 g/mol. The summed E-state index contributed by atoms with van der Waals surface area (Å²) in [5.74, 6) is 2.00. The molecule has 3 heteroatoms. The van der Waals surface area contributed by atoms with Crippen LogP contribution in [-0.4, -0.2) is 14.8 Å². The Morgan fingerprint density at radius 3 is 2.79 bits per heavy atom. The van der Waals surface area contributed by atoms with Crippen molar-refractivity contribution in [2.75, 3.05) is 0 Å². The summed E-state index contributed by atoms with van der Waals surface area (Å²) in [5, 5.41) is 7.15. The lowest BCUT2D eigenvalue weighted by Crippen LogP contribution is -2.11. The van der Waals surface area contributed by atoms with E-state index in [1.165, 1.54) is 23.6 Å². The Hall–Kier alpha value is -2.16. The van der Waals surface area contributed by atoms with Crippen molar-refractivity contribution < 1.29 is 0 Å². The predicted molar refractivity (Wildman–Crippen MR) is 75.9 cm³/mol. The monoisotopic (exact) mass is 249 g/mol. The van der Waals surface area contributed by atoms with E-state index in [1.54, 1.807) is 0 Å². The second kappa shape index (κ2) is 4.19. The Morgan fingerprint density at radius 2 is 1.84 bits per heavy atom. The molecule has 0 radical (unpaired) electrons. The number of benzene rings is 2. The summed E-state index contributed by atoms with van der Waals surface area (Å²) in [6.45, 7) is 1.01. The van der Waals surface area contributed by atoms with Gasteiger partial charge in [-0.15, -0.1) is 0 Å². The molecule has 0 spiro atoms. The topological polar surface area (TPSA) is 30.7 Å². The van der Waals surface area contributed by atoms with Gasteiger partial charge in [-0.3, -0.25) is 0 Å². The quantitative estimate of drug-likeness (QED) is 0.661. The van der Waals surface area contributed by atoms with Crippen molar-refractivity contribution >= 4 is 10.8 Å². The minimum atomic E-state index is 0.869. The molecule has 0 atom stereocenters. The third-order valence-corrected chi connectivity index (χ3v) is 3.80. The van der Waals surface area contributed by atoms with Gasteiger partial charge in [0.05, 0.1) is 0 Å². The standard InChI is InChI=1S/C16H15N3/c1-2-8-13-12(6-1)7-5-9-14(13)16-17-15-10-3-4-11-19(15)18-16/h1-2,5-9H,3-4,10-11H2. The van der Waals surface area contributed by atoms with Crippen LogP contribution in [0.15, 0.2) is 42.5 Å². The van der Waals surface area contributed by atoms with Gasteiger partial charge in [0, 0.05) is 18.5 Å². The van der Waals surface area contributed by atoms with Crippen LogP contribution in [0.4, 0.5) is 0 Å². The van der Waals surface area contributed by atoms with Gasteiger partial charge in [0.2, 0.25) is 0 Å². The number of hydrogen-bond acceptors (Lipinski definition) is 2. The number of fused-ring (bicyclic) bond motifs is 2. The maximum atomic E-state index is 4.72. The molecule has 4 rings (SSSR count). The first kappa shape index (κ1) is 10.7. The molecular formula is C16H15N3. The molecule has 0 saturated heterocycles. The fourth-order valence-electron chi connectivity index (χ4n) is 2.82. The lowest BCUT2D eigenvalue weighted by Gasteiger charge is -2.09. The number of nitrogens with zero attached hydrogens (tertiary/aromatic N) is 3. The maximum Gasteiger partial charge on any atom is 0.182 e. The fraction of sp³-hybridized carbons (Fsp3) is 0.250. The molecule has 0 fully saturated rings. The van der Waals surface area contributed by atoms with E-state index < -0.39 is 0 Å². The Bertz CT molecular complexity index is 714. The molecular weight excluding hydrogens is 234 g/mol. The van der Waals surface area contributed by atoms with E-state index in [9.17, 15) is 0 Å². The number of aryl methyl sites for hydroxylation is 2. The van der Waals surface area contributed by atoms with Gasteiger partial charge >= 0.3 is 0 Å². The zero-order valence-electron chi connectivity index (χ0n) is 10.7. The van der Waals surface area contributed by atoms with Crippen LogP contribution < -0.4 is 0 Å². The van der Waals surface area contributed by atoms with Gasteiger partial charge < -0.3 is 0 Å². The molecule has 0 N–H and O–H groups in total. The minimum Gasteiger partial charge on any atom is -0.249 e. The third-order valence-electron chi connectivity index (χ3n) is 3.80. The van der Waals surface area contributed by atoms with Crippen molar-refractivity contribution in [2.45, 2.75) is 25.8 Å². The van der Waals surface area contributed by atoms with E-state index in [0.29, 0.717) is 0 Å². The van der Waals surface area contributed by atoms with E-state index in [0.717, 1.165) is 30.2 Å². The van der Waals surface area contributed by atoms with Gasteiger partial charge in [0.25, 0.3) is 0 Å². The van der Waals surface area contributed by atoms with E-state index in [2.05, 4.69) is 52.2 Å². The SMILES string of the molecule is c1ccc2c(-c3nc4n(n3)CCCC4)cccc2c1. The van der Waals surface area contributed by atoms with Crippen molar-refractivity contribution in [1.29, 1.82) is 0 Å². The van der Waals surface area contributed by atoms with Crippen LogP contribution >= 0.6 is 0 Å². The summed E-state index contributed by atoms with van der Waals surface area (Å²) in [6.07, 6.45) is 3.50. The first-order valence-electron chi connectivity index (χ1n) is 6.84. The molecule has 94 valence electrons. The number of rotatable bonds is 1. The number of aromatic nitrogens is 3. The summed E-state index contributed by atoms with van der Waals surface area (Å²) in [6, 6.07) is 14.7. The Labute approximate surface area is 111 Å². The zero-order chi connectivity index (χ0) is 12.7. The van der Waals surface area contributed by atoms with Gasteiger partial charge in [-0.2, -0.15) is 5.10 Å². The molecule has 19 heavy (non-hydrogen) atoms. The third kappa shape index (κ3) is 1.73. The highest BCUT2D eigenvalue weighted by atomic mass is 15.3. The predicted octanol–water partition coefficient (Wildman–Crippen LogP) is 3.43. The first-order valence-corrected chi connectivity index (χ1v) is 6.84. The van der Waals surface area contributed by atoms with Crippen LogP contribution in [0.2, 0.25) is 0 Å². The molecule has 0 amide bonds. The molecule has 0 saturated carbocycles. The molecule has 3 aromatic rings. The van der Waals surface area contributed by atoms with E-state index in [4.69, 9.17) is 4.98 Å². The second-order valence-electron chi connectivity index (χ2n) is 5.06. The molecule has 0 aliphatic carbocycles. The Kier molecular flexibility index (Phi) is 2.37. The first-order chi connectivity index (χ1) is 9.42. The molecule has 1 aliphatic heterocycles. The van der Waals surface area contributed by atoms with Crippen molar-refractivity contribution in [3.05, 3.63) is 48.3 Å². The highest BCUT2D eigenvalue weighted by Gasteiger charge is 2.15. The lowest BCUT2D eigenvalue weighted by molar-refractivity contribution is 0.480. The largest absolute Gasteiger partial charge is 0.249 e. The number of hydrogen-bond donors (Lipinski definition) is 0. The minimum absolute atomic E-state index is 0.869. The van der Waals surface area contributed by atoms with Gasteiger partial charge in [-0.25, -0.2) is 9.67 Å². The molecule has 2 heterocycles. The van der Waals surface area contributed by atoms with E-state index in [1.807, 2.05) is 0 Å². The lowest BCUT2D eigenvalue weighted by atomic mass is 10.0. The van der Waals surface area contributed by atoms with Crippen LogP contribution in [0.3, 0.4) is 0 Å². The Morgan fingerprint density at radius 1 is 0.947 bits per heavy atom. The molecule has 0 bridgehead atoms. The summed E-state index contributed by atoms with van der Waals surface area (Å²) in [7, 11) is 0. The van der Waals surface area contributed by atoms with E-state index in [-0.39, 0.29) is 0 Å². The fourth-order valence-corrected chi connectivity index (χ4v) is 2.82. The Balaban J connectivity index is 1.92. The van der Waals surface area contributed by atoms with Crippen molar-refractivity contribution in [2.24, 2.45) is 0 Å². The molecule has 1 aliphatic rings. The molecule has 2 aromatic carbocycles. The average Bonchev–Trinajstić information content (AvgIpc) is 2.90. The molecule has 1 aromatic heterocycles. The maximum absolute atomic E-state index is 4.72. The van der Waals surface area contributed by atoms with Crippen molar-refractivity contribution in [1.82, 2.24) is 14.8 Å². The van der Waals surface area contributed by atoms with Gasteiger partial charge in [0.1, 0.15) is 5.82 Å². The van der Waals surface area contributed by atoms with Crippen molar-refractivity contribution in [3.63, 3.8) is 0 Å². The van der Waals surface area contributed by atoms with Gasteiger partial charge in [-0.1, -0.05) is 42.5 Å². The van der Waals surface area contributed by atoms with Crippen LogP contribution in [0.1, 0.15) is 18.7 Å². The van der Waals surface area contributed by atoms with E-state index >= 15 is 0 Å². The highest BCUT2D eigenvalue weighted by molar-refractivity contribution is 5.94. The molecule has 3 nitrogen and oxygen atoms in total. The summed E-state index contributed by atoms with van der Waals surface area (Å²) >= 11 is 0. The van der Waals surface area contributed by atoms with Crippen LogP contribution in [0.25, 0.3) is 22.2 Å². The second-order valence-corrected chi connectivity index (χ2v) is 5.06. The smallest absolute Gasteiger partial charge is 0.182 e. The zero-order valence-corrected chi connectivity index (χ0v) is 10.7. The highest BCUT2D eigenvalue weighted by Crippen LogP contribution is 2.27.